The molecule has 10 heteroatoms. The van der Waals surface area contributed by atoms with Crippen molar-refractivity contribution < 1.29 is 32.2 Å². The van der Waals surface area contributed by atoms with E-state index < -0.39 is 28.5 Å². The van der Waals surface area contributed by atoms with Gasteiger partial charge in [0.1, 0.15) is 6.61 Å². The molecule has 3 rings (SSSR count). The maximum absolute atomic E-state index is 12.4. The number of amides is 1. The van der Waals surface area contributed by atoms with Gasteiger partial charge in [-0.2, -0.15) is 0 Å². The Morgan fingerprint density at radius 1 is 1.16 bits per heavy atom. The molecule has 0 bridgehead atoms. The summed E-state index contributed by atoms with van der Waals surface area (Å²) in [7, 11) is -2.13. The van der Waals surface area contributed by atoms with E-state index in [9.17, 15) is 18.0 Å². The number of likely N-dealkylation sites (N-methyl/N-ethyl adjacent to an activating group) is 1. The van der Waals surface area contributed by atoms with E-state index in [4.69, 9.17) is 14.2 Å². The molecule has 0 saturated heterocycles. The van der Waals surface area contributed by atoms with Gasteiger partial charge in [-0.1, -0.05) is 25.1 Å². The van der Waals surface area contributed by atoms with Crippen molar-refractivity contribution in [3.63, 3.8) is 0 Å². The lowest BCUT2D eigenvalue weighted by Gasteiger charge is -2.29. The maximum Gasteiger partial charge on any atom is 0.338 e. The largest absolute Gasteiger partial charge is 0.486 e. The third kappa shape index (κ3) is 5.74. The number of hydrogen-bond donors (Lipinski definition) is 1. The van der Waals surface area contributed by atoms with Crippen molar-refractivity contribution in [3.05, 3.63) is 54.1 Å². The zero-order valence-corrected chi connectivity index (χ0v) is 18.1. The minimum atomic E-state index is -3.71. The Bertz CT molecular complexity index is 1060. The second-order valence-electron chi connectivity index (χ2n) is 6.88. The lowest BCUT2D eigenvalue weighted by atomic mass is 10.2. The van der Waals surface area contributed by atoms with Gasteiger partial charge in [0.2, 0.25) is 10.0 Å². The molecule has 31 heavy (non-hydrogen) atoms. The molecular formula is C21H24N2O7S. The Kier molecular flexibility index (Phi) is 7.13. The number of sulfonamides is 1. The van der Waals surface area contributed by atoms with Gasteiger partial charge in [0.15, 0.2) is 24.2 Å². The first kappa shape index (κ1) is 22.6. The third-order valence-electron chi connectivity index (χ3n) is 4.51. The van der Waals surface area contributed by atoms with Crippen molar-refractivity contribution in [1.29, 1.82) is 0 Å². The van der Waals surface area contributed by atoms with E-state index in [1.54, 1.807) is 26.1 Å². The van der Waals surface area contributed by atoms with Gasteiger partial charge in [-0.15, -0.1) is 0 Å². The van der Waals surface area contributed by atoms with E-state index in [1.807, 2.05) is 12.1 Å². The summed E-state index contributed by atoms with van der Waals surface area (Å²) in [6, 6.07) is 12.7. The molecule has 2 aromatic carbocycles. The molecule has 0 spiro atoms. The standard InChI is InChI=1S/C21H24N2O7S/c1-3-22-31(26,27)17-8-6-7-15(11-17)21(25)29-14-20(24)23(2)12-16-13-28-18-9-4-5-10-19(18)30-16/h4-11,16,22H,3,12-14H2,1-2H3. The molecule has 1 aliphatic heterocycles. The molecule has 2 aromatic rings. The molecule has 1 unspecified atom stereocenters. The van der Waals surface area contributed by atoms with E-state index in [-0.39, 0.29) is 29.7 Å². The summed E-state index contributed by atoms with van der Waals surface area (Å²) in [5.41, 5.74) is 0.0371. The van der Waals surface area contributed by atoms with Crippen LogP contribution in [0.25, 0.3) is 0 Å². The number of fused-ring (bicyclic) bond motifs is 1. The lowest BCUT2D eigenvalue weighted by molar-refractivity contribution is -0.134. The molecule has 1 N–H and O–H groups in total. The minimum absolute atomic E-state index is 0.0371. The summed E-state index contributed by atoms with van der Waals surface area (Å²) in [6.07, 6.45) is -0.354. The van der Waals surface area contributed by atoms with Gasteiger partial charge in [-0.3, -0.25) is 4.79 Å². The highest BCUT2D eigenvalue weighted by atomic mass is 32.2. The van der Waals surface area contributed by atoms with Crippen LogP contribution in [-0.2, 0) is 19.6 Å². The normalized spacial score (nSPS) is 15.2. The molecular weight excluding hydrogens is 424 g/mol. The molecule has 0 saturated carbocycles. The molecule has 1 aliphatic rings. The number of para-hydroxylation sites is 2. The molecule has 0 aliphatic carbocycles. The highest BCUT2D eigenvalue weighted by molar-refractivity contribution is 7.89. The molecule has 1 atom stereocenters. The SMILES string of the molecule is CCNS(=O)(=O)c1cccc(C(=O)OCC(=O)N(C)CC2COc3ccccc3O2)c1. The van der Waals surface area contributed by atoms with Crippen LogP contribution >= 0.6 is 0 Å². The quantitative estimate of drug-likeness (QED) is 0.608. The summed E-state index contributed by atoms with van der Waals surface area (Å²) in [5.74, 6) is 0.0483. The second-order valence-corrected chi connectivity index (χ2v) is 8.64. The van der Waals surface area contributed by atoms with Crippen LogP contribution in [0.2, 0.25) is 0 Å². The van der Waals surface area contributed by atoms with Crippen molar-refractivity contribution >= 4 is 21.9 Å². The number of benzene rings is 2. The summed E-state index contributed by atoms with van der Waals surface area (Å²) in [5, 5.41) is 0. The van der Waals surface area contributed by atoms with Crippen LogP contribution in [0, 0.1) is 0 Å². The monoisotopic (exact) mass is 448 g/mol. The number of nitrogens with zero attached hydrogens (tertiary/aromatic N) is 1. The van der Waals surface area contributed by atoms with Gasteiger partial charge in [-0.05, 0) is 30.3 Å². The first-order chi connectivity index (χ1) is 14.8. The van der Waals surface area contributed by atoms with E-state index >= 15 is 0 Å². The van der Waals surface area contributed by atoms with E-state index in [2.05, 4.69) is 4.72 Å². The summed E-state index contributed by atoms with van der Waals surface area (Å²) in [4.78, 5) is 26.0. The fourth-order valence-corrected chi connectivity index (χ4v) is 4.03. The molecule has 1 amide bonds. The minimum Gasteiger partial charge on any atom is -0.486 e. The molecule has 0 fully saturated rings. The molecule has 0 aromatic heterocycles. The summed E-state index contributed by atoms with van der Waals surface area (Å²) >= 11 is 0. The molecule has 166 valence electrons. The number of hydrogen-bond acceptors (Lipinski definition) is 7. The number of carbonyl (C=O) groups is 2. The van der Waals surface area contributed by atoms with Crippen molar-refractivity contribution in [2.45, 2.75) is 17.9 Å². The zero-order chi connectivity index (χ0) is 22.4. The Morgan fingerprint density at radius 2 is 1.90 bits per heavy atom. The van der Waals surface area contributed by atoms with Crippen LogP contribution in [-0.4, -0.2) is 64.6 Å². The third-order valence-corrected chi connectivity index (χ3v) is 6.06. The summed E-state index contributed by atoms with van der Waals surface area (Å²) in [6.45, 7) is 1.94. The van der Waals surface area contributed by atoms with E-state index in [1.165, 1.54) is 29.2 Å². The Morgan fingerprint density at radius 3 is 2.65 bits per heavy atom. The fourth-order valence-electron chi connectivity index (χ4n) is 2.94. The second kappa shape index (κ2) is 9.80. The average molecular weight is 448 g/mol. The molecule has 9 nitrogen and oxygen atoms in total. The maximum atomic E-state index is 12.4. The van der Waals surface area contributed by atoms with Crippen LogP contribution in [0.15, 0.2) is 53.4 Å². The number of rotatable bonds is 8. The molecule has 0 radical (unpaired) electrons. The van der Waals surface area contributed by atoms with Gasteiger partial charge >= 0.3 is 5.97 Å². The first-order valence-electron chi connectivity index (χ1n) is 9.69. The van der Waals surface area contributed by atoms with Gasteiger partial charge in [-0.25, -0.2) is 17.9 Å². The average Bonchev–Trinajstić information content (AvgIpc) is 2.77. The lowest BCUT2D eigenvalue weighted by Crippen LogP contribution is -2.43. The predicted molar refractivity (Wildman–Crippen MR) is 112 cm³/mol. The smallest absolute Gasteiger partial charge is 0.338 e. The van der Waals surface area contributed by atoms with Crippen LogP contribution < -0.4 is 14.2 Å². The van der Waals surface area contributed by atoms with Crippen molar-refractivity contribution in [2.24, 2.45) is 0 Å². The van der Waals surface area contributed by atoms with Crippen LogP contribution in [0.1, 0.15) is 17.3 Å². The topological polar surface area (TPSA) is 111 Å². The number of esters is 1. The number of carbonyl (C=O) groups excluding carboxylic acids is 2. The van der Waals surface area contributed by atoms with Crippen LogP contribution in [0.3, 0.4) is 0 Å². The van der Waals surface area contributed by atoms with Crippen LogP contribution in [0.5, 0.6) is 11.5 Å². The highest BCUT2D eigenvalue weighted by Gasteiger charge is 2.24. The molecule has 1 heterocycles. The Labute approximate surface area is 181 Å². The van der Waals surface area contributed by atoms with E-state index in [0.717, 1.165) is 0 Å². The Balaban J connectivity index is 1.53. The van der Waals surface area contributed by atoms with Crippen molar-refractivity contribution in [2.75, 3.05) is 33.4 Å². The predicted octanol–water partition coefficient (Wildman–Crippen LogP) is 1.44. The van der Waals surface area contributed by atoms with Gasteiger partial charge in [0.25, 0.3) is 5.91 Å². The Hall–Kier alpha value is -3.11. The van der Waals surface area contributed by atoms with Gasteiger partial charge in [0.05, 0.1) is 17.0 Å². The zero-order valence-electron chi connectivity index (χ0n) is 17.2. The number of nitrogens with one attached hydrogen (secondary N) is 1. The summed E-state index contributed by atoms with van der Waals surface area (Å²) < 4.78 is 43.0. The highest BCUT2D eigenvalue weighted by Crippen LogP contribution is 2.30. The van der Waals surface area contributed by atoms with E-state index in [0.29, 0.717) is 18.1 Å². The van der Waals surface area contributed by atoms with Crippen LogP contribution in [0.4, 0.5) is 0 Å². The van der Waals surface area contributed by atoms with Crippen molar-refractivity contribution in [3.8, 4) is 11.5 Å². The number of ether oxygens (including phenoxy) is 3. The van der Waals surface area contributed by atoms with Gasteiger partial charge < -0.3 is 19.1 Å². The first-order valence-corrected chi connectivity index (χ1v) is 11.2. The van der Waals surface area contributed by atoms with Crippen molar-refractivity contribution in [1.82, 2.24) is 9.62 Å². The fraction of sp³-hybridized carbons (Fsp3) is 0.333. The van der Waals surface area contributed by atoms with Gasteiger partial charge in [0, 0.05) is 13.6 Å².